The van der Waals surface area contributed by atoms with Crippen LogP contribution in [-0.2, 0) is 9.59 Å². The van der Waals surface area contributed by atoms with Crippen LogP contribution in [0.5, 0.6) is 5.75 Å². The summed E-state index contributed by atoms with van der Waals surface area (Å²) < 4.78 is 6.05. The van der Waals surface area contributed by atoms with Crippen molar-refractivity contribution in [2.75, 3.05) is 36.4 Å². The molecule has 0 bridgehead atoms. The molecule has 1 N–H and O–H groups in total. The van der Waals surface area contributed by atoms with Gasteiger partial charge in [0, 0.05) is 18.8 Å². The molecule has 1 atom stereocenters. The van der Waals surface area contributed by atoms with Gasteiger partial charge < -0.3 is 19.9 Å². The number of fused-ring (bicyclic) bond motifs is 1. The smallest absolute Gasteiger partial charge is 0.265 e. The van der Waals surface area contributed by atoms with Crippen molar-refractivity contribution in [3.05, 3.63) is 53.6 Å². The minimum Gasteiger partial charge on any atom is -0.477 e. The first-order valence-electron chi connectivity index (χ1n) is 10.7. The first-order valence-corrected chi connectivity index (χ1v) is 10.7. The van der Waals surface area contributed by atoms with Crippen LogP contribution in [0.2, 0.25) is 0 Å². The Bertz CT molecular complexity index is 937. The van der Waals surface area contributed by atoms with E-state index in [1.807, 2.05) is 66.1 Å². The average Bonchev–Trinajstić information content (AvgIpc) is 2.76. The highest BCUT2D eigenvalue weighted by Gasteiger charge is 2.34. The van der Waals surface area contributed by atoms with Gasteiger partial charge in [-0.3, -0.25) is 9.59 Å². The van der Waals surface area contributed by atoms with Gasteiger partial charge in [0.05, 0.1) is 18.8 Å². The molecule has 0 aromatic heterocycles. The summed E-state index contributed by atoms with van der Waals surface area (Å²) in [5.74, 6) is 0.562. The molecule has 6 heteroatoms. The predicted octanol–water partition coefficient (Wildman–Crippen LogP) is 3.52. The van der Waals surface area contributed by atoms with Crippen LogP contribution >= 0.6 is 0 Å². The number of likely N-dealkylation sites (tertiary alicyclic amines) is 1. The summed E-state index contributed by atoms with van der Waals surface area (Å²) in [6.07, 6.45) is 2.66. The molecule has 2 aliphatic rings. The third-order valence-electron chi connectivity index (χ3n) is 5.81. The number of hydrogen-bond acceptors (Lipinski definition) is 4. The monoisotopic (exact) mass is 407 g/mol. The maximum atomic E-state index is 13.0. The lowest BCUT2D eigenvalue weighted by molar-refractivity contribution is -0.139. The molecule has 2 aliphatic heterocycles. The normalized spacial score (nSPS) is 18.4. The number of nitrogens with zero attached hydrogens (tertiary/aromatic N) is 2. The Balaban J connectivity index is 1.50. The van der Waals surface area contributed by atoms with Crippen LogP contribution in [0.15, 0.2) is 42.5 Å². The van der Waals surface area contributed by atoms with Crippen LogP contribution in [-0.4, -0.2) is 49.0 Å². The largest absolute Gasteiger partial charge is 0.477 e. The standard InChI is InChI=1S/C24H29N3O3/c1-17-10-11-18(2)19(14-17)25-23(28)16-27-15-22(24(29)26-12-6-3-7-13-26)30-21-9-5-4-8-20(21)27/h4-5,8-11,14,22H,3,6-7,12-13,15-16H2,1-2H3,(H,25,28)/t22-/m1/s1. The second-order valence-electron chi connectivity index (χ2n) is 8.21. The summed E-state index contributed by atoms with van der Waals surface area (Å²) in [6.45, 7) is 6.08. The average molecular weight is 408 g/mol. The third-order valence-corrected chi connectivity index (χ3v) is 5.81. The highest BCUT2D eigenvalue weighted by Crippen LogP contribution is 2.33. The summed E-state index contributed by atoms with van der Waals surface area (Å²) in [5.41, 5.74) is 3.79. The van der Waals surface area contributed by atoms with Gasteiger partial charge in [-0.2, -0.15) is 0 Å². The molecule has 0 spiro atoms. The molecule has 4 rings (SSSR count). The number of amides is 2. The predicted molar refractivity (Wildman–Crippen MR) is 118 cm³/mol. The molecule has 158 valence electrons. The van der Waals surface area contributed by atoms with Gasteiger partial charge >= 0.3 is 0 Å². The minimum absolute atomic E-state index is 0.0177. The quantitative estimate of drug-likeness (QED) is 0.842. The van der Waals surface area contributed by atoms with E-state index in [0.29, 0.717) is 12.3 Å². The van der Waals surface area contributed by atoms with Crippen LogP contribution in [0.3, 0.4) is 0 Å². The number of para-hydroxylation sites is 2. The number of anilines is 2. The highest BCUT2D eigenvalue weighted by molar-refractivity contribution is 5.95. The first-order chi connectivity index (χ1) is 14.5. The van der Waals surface area contributed by atoms with Gasteiger partial charge in [0.15, 0.2) is 6.10 Å². The maximum absolute atomic E-state index is 13.0. The van der Waals surface area contributed by atoms with Gasteiger partial charge in [0.1, 0.15) is 5.75 Å². The topological polar surface area (TPSA) is 61.9 Å². The molecule has 30 heavy (non-hydrogen) atoms. The molecule has 0 saturated carbocycles. The lowest BCUT2D eigenvalue weighted by Crippen LogP contribution is -2.52. The van der Waals surface area contributed by atoms with Crippen molar-refractivity contribution in [3.63, 3.8) is 0 Å². The van der Waals surface area contributed by atoms with Crippen LogP contribution in [0.1, 0.15) is 30.4 Å². The zero-order valence-corrected chi connectivity index (χ0v) is 17.7. The second-order valence-corrected chi connectivity index (χ2v) is 8.21. The Labute approximate surface area is 177 Å². The van der Waals surface area contributed by atoms with E-state index < -0.39 is 6.10 Å². The molecular weight excluding hydrogens is 378 g/mol. The van der Waals surface area contributed by atoms with Gasteiger partial charge in [0.25, 0.3) is 5.91 Å². The van der Waals surface area contributed by atoms with Crippen molar-refractivity contribution >= 4 is 23.2 Å². The molecule has 2 heterocycles. The van der Waals surface area contributed by atoms with E-state index in [9.17, 15) is 9.59 Å². The van der Waals surface area contributed by atoms with Crippen molar-refractivity contribution in [2.45, 2.75) is 39.2 Å². The van der Waals surface area contributed by atoms with Crippen molar-refractivity contribution < 1.29 is 14.3 Å². The van der Waals surface area contributed by atoms with Gasteiger partial charge in [0.2, 0.25) is 5.91 Å². The number of ether oxygens (including phenoxy) is 1. The van der Waals surface area contributed by atoms with E-state index in [-0.39, 0.29) is 18.4 Å². The fraction of sp³-hybridized carbons (Fsp3) is 0.417. The lowest BCUT2D eigenvalue weighted by Gasteiger charge is -2.38. The van der Waals surface area contributed by atoms with Crippen LogP contribution < -0.4 is 15.0 Å². The summed E-state index contributed by atoms with van der Waals surface area (Å²) in [6, 6.07) is 13.6. The SMILES string of the molecule is Cc1ccc(C)c(NC(=O)CN2C[C@H](C(=O)N3CCCCC3)Oc3ccccc32)c1. The molecule has 6 nitrogen and oxygen atoms in total. The molecule has 2 aromatic carbocycles. The Kier molecular flexibility index (Phi) is 5.93. The number of carbonyl (C=O) groups excluding carboxylic acids is 2. The van der Waals surface area contributed by atoms with Crippen LogP contribution in [0.4, 0.5) is 11.4 Å². The van der Waals surface area contributed by atoms with E-state index >= 15 is 0 Å². The van der Waals surface area contributed by atoms with E-state index in [4.69, 9.17) is 4.74 Å². The summed E-state index contributed by atoms with van der Waals surface area (Å²) >= 11 is 0. The zero-order chi connectivity index (χ0) is 21.1. The number of aryl methyl sites for hydroxylation is 2. The van der Waals surface area contributed by atoms with Crippen LogP contribution in [0, 0.1) is 13.8 Å². The molecule has 0 radical (unpaired) electrons. The Hall–Kier alpha value is -3.02. The molecule has 0 unspecified atom stereocenters. The van der Waals surface area contributed by atoms with Crippen molar-refractivity contribution in [1.29, 1.82) is 0 Å². The van der Waals surface area contributed by atoms with E-state index in [1.54, 1.807) is 0 Å². The molecular formula is C24H29N3O3. The van der Waals surface area contributed by atoms with Gasteiger partial charge in [-0.05, 0) is 62.4 Å². The van der Waals surface area contributed by atoms with Crippen molar-refractivity contribution in [3.8, 4) is 5.75 Å². The first kappa shape index (κ1) is 20.3. The Morgan fingerprint density at radius 1 is 1.07 bits per heavy atom. The third kappa shape index (κ3) is 4.42. The zero-order valence-electron chi connectivity index (χ0n) is 17.7. The van der Waals surface area contributed by atoms with Gasteiger partial charge in [-0.25, -0.2) is 0 Å². The highest BCUT2D eigenvalue weighted by atomic mass is 16.5. The Morgan fingerprint density at radius 2 is 1.83 bits per heavy atom. The summed E-state index contributed by atoms with van der Waals surface area (Å²) in [4.78, 5) is 29.7. The molecule has 1 saturated heterocycles. The molecule has 2 aromatic rings. The van der Waals surface area contributed by atoms with Crippen LogP contribution in [0.25, 0.3) is 0 Å². The maximum Gasteiger partial charge on any atom is 0.265 e. The fourth-order valence-corrected chi connectivity index (χ4v) is 4.14. The number of benzene rings is 2. The van der Waals surface area contributed by atoms with E-state index in [0.717, 1.165) is 48.4 Å². The summed E-state index contributed by atoms with van der Waals surface area (Å²) in [7, 11) is 0. The minimum atomic E-state index is -0.591. The number of carbonyl (C=O) groups is 2. The number of nitrogens with one attached hydrogen (secondary N) is 1. The number of rotatable bonds is 4. The number of hydrogen-bond donors (Lipinski definition) is 1. The molecule has 2 amide bonds. The fourth-order valence-electron chi connectivity index (χ4n) is 4.14. The molecule has 0 aliphatic carbocycles. The lowest BCUT2D eigenvalue weighted by atomic mass is 10.1. The Morgan fingerprint density at radius 3 is 2.63 bits per heavy atom. The van der Waals surface area contributed by atoms with Gasteiger partial charge in [-0.15, -0.1) is 0 Å². The second kappa shape index (κ2) is 8.78. The van der Waals surface area contributed by atoms with E-state index in [1.165, 1.54) is 6.42 Å². The van der Waals surface area contributed by atoms with E-state index in [2.05, 4.69) is 5.32 Å². The summed E-state index contributed by atoms with van der Waals surface area (Å²) in [5, 5.41) is 3.02. The van der Waals surface area contributed by atoms with Gasteiger partial charge in [-0.1, -0.05) is 24.3 Å². The van der Waals surface area contributed by atoms with Crippen molar-refractivity contribution in [2.24, 2.45) is 0 Å². The number of piperidine rings is 1. The molecule has 1 fully saturated rings. The van der Waals surface area contributed by atoms with Crippen molar-refractivity contribution in [1.82, 2.24) is 4.90 Å².